The van der Waals surface area contributed by atoms with E-state index < -0.39 is 0 Å². The highest BCUT2D eigenvalue weighted by molar-refractivity contribution is 5.91. The molecule has 1 unspecified atom stereocenters. The largest absolute Gasteiger partial charge is 0.351 e. The molecule has 2 saturated heterocycles. The Morgan fingerprint density at radius 1 is 1.37 bits per heavy atom. The van der Waals surface area contributed by atoms with E-state index in [0.29, 0.717) is 31.2 Å². The van der Waals surface area contributed by atoms with E-state index in [-0.39, 0.29) is 18.2 Å². The van der Waals surface area contributed by atoms with Crippen LogP contribution < -0.4 is 0 Å². The molecule has 2 fully saturated rings. The molecular formula is C13H18N2O4. The van der Waals surface area contributed by atoms with Gasteiger partial charge in [-0.05, 0) is 26.2 Å². The van der Waals surface area contributed by atoms with Crippen LogP contribution in [0.3, 0.4) is 0 Å². The highest BCUT2D eigenvalue weighted by atomic mass is 16.7. The molecule has 0 aromatic carbocycles. The Balaban J connectivity index is 1.77. The molecule has 0 spiro atoms. The summed E-state index contributed by atoms with van der Waals surface area (Å²) in [5.74, 6) is 0.173. The van der Waals surface area contributed by atoms with Crippen LogP contribution in [0.15, 0.2) is 10.6 Å². The van der Waals surface area contributed by atoms with Crippen molar-refractivity contribution in [3.05, 3.63) is 17.5 Å². The molecule has 1 atom stereocenters. The Morgan fingerprint density at radius 3 is 2.84 bits per heavy atom. The zero-order valence-corrected chi connectivity index (χ0v) is 11.0. The number of hydrogen-bond acceptors (Lipinski definition) is 5. The van der Waals surface area contributed by atoms with E-state index in [1.807, 2.05) is 0 Å². The standard InChI is InChI=1S/C13H18N2O4/c1-9-8-11(19-14-9)12(16)15-5-3-2-4-10(15)13-17-6-7-18-13/h8,10,13H,2-7H2,1H3. The van der Waals surface area contributed by atoms with Crippen molar-refractivity contribution in [2.24, 2.45) is 0 Å². The van der Waals surface area contributed by atoms with E-state index in [1.165, 1.54) is 0 Å². The van der Waals surface area contributed by atoms with Gasteiger partial charge in [-0.1, -0.05) is 5.16 Å². The molecule has 0 N–H and O–H groups in total. The number of aromatic nitrogens is 1. The minimum atomic E-state index is -0.298. The second-order valence-electron chi connectivity index (χ2n) is 5.00. The number of likely N-dealkylation sites (tertiary alicyclic amines) is 1. The first kappa shape index (κ1) is 12.6. The molecule has 1 amide bonds. The number of aryl methyl sites for hydroxylation is 1. The number of piperidine rings is 1. The van der Waals surface area contributed by atoms with Crippen LogP contribution in [0.5, 0.6) is 0 Å². The molecule has 1 aromatic rings. The summed E-state index contributed by atoms with van der Waals surface area (Å²) in [6, 6.07) is 1.65. The van der Waals surface area contributed by atoms with Crippen LogP contribution >= 0.6 is 0 Å². The molecule has 104 valence electrons. The number of carbonyl (C=O) groups is 1. The van der Waals surface area contributed by atoms with Crippen molar-refractivity contribution in [1.82, 2.24) is 10.1 Å². The normalized spacial score (nSPS) is 24.9. The Hall–Kier alpha value is -1.40. The number of nitrogens with zero attached hydrogens (tertiary/aromatic N) is 2. The number of ether oxygens (including phenoxy) is 2. The lowest BCUT2D eigenvalue weighted by molar-refractivity contribution is -0.101. The molecule has 2 aliphatic heterocycles. The van der Waals surface area contributed by atoms with Gasteiger partial charge in [-0.15, -0.1) is 0 Å². The lowest BCUT2D eigenvalue weighted by atomic mass is 10.0. The first-order valence-corrected chi connectivity index (χ1v) is 6.73. The van der Waals surface area contributed by atoms with Crippen molar-refractivity contribution in [1.29, 1.82) is 0 Å². The van der Waals surface area contributed by atoms with Crippen molar-refractivity contribution in [3.63, 3.8) is 0 Å². The van der Waals surface area contributed by atoms with E-state index in [1.54, 1.807) is 17.9 Å². The predicted octanol–water partition coefficient (Wildman–Crippen LogP) is 1.35. The average Bonchev–Trinajstić information content (AvgIpc) is 3.09. The van der Waals surface area contributed by atoms with Gasteiger partial charge in [0, 0.05) is 12.6 Å². The van der Waals surface area contributed by atoms with Gasteiger partial charge in [-0.3, -0.25) is 4.79 Å². The first-order valence-electron chi connectivity index (χ1n) is 6.73. The van der Waals surface area contributed by atoms with Crippen LogP contribution in [0.1, 0.15) is 35.5 Å². The van der Waals surface area contributed by atoms with Crippen molar-refractivity contribution in [2.75, 3.05) is 19.8 Å². The fourth-order valence-electron chi connectivity index (χ4n) is 2.70. The minimum Gasteiger partial charge on any atom is -0.351 e. The zero-order chi connectivity index (χ0) is 13.2. The van der Waals surface area contributed by atoms with Gasteiger partial charge in [0.05, 0.1) is 24.9 Å². The summed E-state index contributed by atoms with van der Waals surface area (Å²) in [6.45, 7) is 3.72. The topological polar surface area (TPSA) is 64.8 Å². The van der Waals surface area contributed by atoms with E-state index >= 15 is 0 Å². The molecule has 1 aromatic heterocycles. The van der Waals surface area contributed by atoms with Crippen LogP contribution in [0, 0.1) is 6.92 Å². The van der Waals surface area contributed by atoms with Gasteiger partial charge in [0.15, 0.2) is 6.29 Å². The van der Waals surface area contributed by atoms with Gasteiger partial charge in [-0.25, -0.2) is 0 Å². The smallest absolute Gasteiger partial charge is 0.292 e. The number of carbonyl (C=O) groups excluding carboxylic acids is 1. The summed E-state index contributed by atoms with van der Waals surface area (Å²) in [5.41, 5.74) is 0.713. The molecular weight excluding hydrogens is 248 g/mol. The van der Waals surface area contributed by atoms with Gasteiger partial charge in [-0.2, -0.15) is 0 Å². The minimum absolute atomic E-state index is 0.0193. The highest BCUT2D eigenvalue weighted by Gasteiger charge is 2.37. The van der Waals surface area contributed by atoms with Crippen molar-refractivity contribution >= 4 is 5.91 Å². The number of amides is 1. The molecule has 2 aliphatic rings. The maximum atomic E-state index is 12.5. The molecule has 0 saturated carbocycles. The van der Waals surface area contributed by atoms with Crippen molar-refractivity contribution in [3.8, 4) is 0 Å². The maximum Gasteiger partial charge on any atom is 0.292 e. The fourth-order valence-corrected chi connectivity index (χ4v) is 2.70. The summed E-state index contributed by atoms with van der Waals surface area (Å²) in [6.07, 6.45) is 2.70. The summed E-state index contributed by atoms with van der Waals surface area (Å²) >= 11 is 0. The van der Waals surface area contributed by atoms with Crippen LogP contribution in [0.4, 0.5) is 0 Å². The molecule has 6 nitrogen and oxygen atoms in total. The molecule has 19 heavy (non-hydrogen) atoms. The molecule has 0 bridgehead atoms. The SMILES string of the molecule is Cc1cc(C(=O)N2CCCCC2C2OCCO2)on1. The van der Waals surface area contributed by atoms with E-state index in [9.17, 15) is 4.79 Å². The molecule has 6 heteroatoms. The fraction of sp³-hybridized carbons (Fsp3) is 0.692. The molecule has 0 aliphatic carbocycles. The average molecular weight is 266 g/mol. The third kappa shape index (κ3) is 2.50. The maximum absolute atomic E-state index is 12.5. The number of hydrogen-bond donors (Lipinski definition) is 0. The van der Waals surface area contributed by atoms with Gasteiger partial charge >= 0.3 is 0 Å². The molecule has 3 heterocycles. The lowest BCUT2D eigenvalue weighted by Gasteiger charge is -2.37. The van der Waals surface area contributed by atoms with E-state index in [4.69, 9.17) is 14.0 Å². The van der Waals surface area contributed by atoms with Gasteiger partial charge in [0.1, 0.15) is 0 Å². The third-order valence-corrected chi connectivity index (χ3v) is 3.61. The van der Waals surface area contributed by atoms with Crippen LogP contribution in [-0.2, 0) is 9.47 Å². The first-order chi connectivity index (χ1) is 9.25. The summed E-state index contributed by atoms with van der Waals surface area (Å²) < 4.78 is 16.2. The molecule has 3 rings (SSSR count). The lowest BCUT2D eigenvalue weighted by Crippen LogP contribution is -2.50. The third-order valence-electron chi connectivity index (χ3n) is 3.61. The Bertz CT molecular complexity index is 453. The number of rotatable bonds is 2. The Kier molecular flexibility index (Phi) is 3.52. The monoisotopic (exact) mass is 266 g/mol. The van der Waals surface area contributed by atoms with E-state index in [0.717, 1.165) is 19.3 Å². The van der Waals surface area contributed by atoms with Crippen molar-refractivity contribution < 1.29 is 18.8 Å². The quantitative estimate of drug-likeness (QED) is 0.808. The Morgan fingerprint density at radius 2 is 2.16 bits per heavy atom. The Labute approximate surface area is 111 Å². The van der Waals surface area contributed by atoms with Gasteiger partial charge in [0.2, 0.25) is 5.76 Å². The van der Waals surface area contributed by atoms with Crippen LogP contribution in [-0.4, -0.2) is 48.1 Å². The van der Waals surface area contributed by atoms with Crippen LogP contribution in [0.25, 0.3) is 0 Å². The summed E-state index contributed by atoms with van der Waals surface area (Å²) in [5, 5.41) is 3.77. The summed E-state index contributed by atoms with van der Waals surface area (Å²) in [4.78, 5) is 14.3. The summed E-state index contributed by atoms with van der Waals surface area (Å²) in [7, 11) is 0. The molecule has 0 radical (unpaired) electrons. The zero-order valence-electron chi connectivity index (χ0n) is 11.0. The van der Waals surface area contributed by atoms with Gasteiger partial charge in [0.25, 0.3) is 5.91 Å². The van der Waals surface area contributed by atoms with Gasteiger partial charge < -0.3 is 18.9 Å². The van der Waals surface area contributed by atoms with Crippen LogP contribution in [0.2, 0.25) is 0 Å². The van der Waals surface area contributed by atoms with Crippen molar-refractivity contribution in [2.45, 2.75) is 38.5 Å². The van der Waals surface area contributed by atoms with E-state index in [2.05, 4.69) is 5.16 Å². The second kappa shape index (κ2) is 5.30. The highest BCUT2D eigenvalue weighted by Crippen LogP contribution is 2.26. The predicted molar refractivity (Wildman–Crippen MR) is 65.6 cm³/mol. The second-order valence-corrected chi connectivity index (χ2v) is 5.00.